The topological polar surface area (TPSA) is 95.4 Å². The molecule has 0 spiro atoms. The number of hydrogen-bond acceptors (Lipinski definition) is 5. The summed E-state index contributed by atoms with van der Waals surface area (Å²) >= 11 is 0. The van der Waals surface area contributed by atoms with Crippen LogP contribution in [0.4, 0.5) is 23.7 Å². The van der Waals surface area contributed by atoms with Gasteiger partial charge in [-0.25, -0.2) is 14.8 Å². The molecule has 0 unspecified atom stereocenters. The van der Waals surface area contributed by atoms with E-state index < -0.39 is 17.6 Å². The maximum atomic E-state index is 13.1. The number of carbonyl (C=O) groups is 2. The van der Waals surface area contributed by atoms with E-state index in [0.717, 1.165) is 17.4 Å². The number of nitrogens with zero attached hydrogens (tertiary/aromatic N) is 5. The number of alkyl halides is 3. The standard InChI is InChI=1S/C23H24F3N7O2/c24-23(25,26)18-3-1-2-4-19(18)30-21(34)15-31-9-11-32(12-10-31)22(35)29-14-17-5-6-20(28-13-17)33-8-7-27-16-33/h1-8,13,16H,9-12,14-15H2,(H,29,35)(H,30,34). The van der Waals surface area contributed by atoms with Gasteiger partial charge in [-0.2, -0.15) is 13.2 Å². The van der Waals surface area contributed by atoms with Gasteiger partial charge < -0.3 is 15.5 Å². The van der Waals surface area contributed by atoms with E-state index in [2.05, 4.69) is 20.6 Å². The highest BCUT2D eigenvalue weighted by Crippen LogP contribution is 2.34. The van der Waals surface area contributed by atoms with Crippen LogP contribution in [0.2, 0.25) is 0 Å². The number of carbonyl (C=O) groups excluding carboxylic acids is 2. The molecule has 0 atom stereocenters. The zero-order valence-electron chi connectivity index (χ0n) is 18.7. The minimum atomic E-state index is -4.55. The van der Waals surface area contributed by atoms with Gasteiger partial charge in [-0.15, -0.1) is 0 Å². The van der Waals surface area contributed by atoms with Gasteiger partial charge in [-0.05, 0) is 23.8 Å². The molecule has 3 amide bonds. The van der Waals surface area contributed by atoms with Gasteiger partial charge in [0.15, 0.2) is 0 Å². The number of hydrogen-bond donors (Lipinski definition) is 2. The largest absolute Gasteiger partial charge is 0.418 e. The Kier molecular flexibility index (Phi) is 7.30. The Bertz CT molecular complexity index is 1140. The second kappa shape index (κ2) is 10.6. The van der Waals surface area contributed by atoms with E-state index >= 15 is 0 Å². The summed E-state index contributed by atoms with van der Waals surface area (Å²) in [4.78, 5) is 36.6. The molecule has 35 heavy (non-hydrogen) atoms. The fourth-order valence-electron chi connectivity index (χ4n) is 3.70. The fourth-order valence-corrected chi connectivity index (χ4v) is 3.70. The first kappa shape index (κ1) is 24.2. The third kappa shape index (κ3) is 6.35. The average Bonchev–Trinajstić information content (AvgIpc) is 3.38. The monoisotopic (exact) mass is 487 g/mol. The molecule has 1 aliphatic rings. The van der Waals surface area contributed by atoms with Crippen LogP contribution in [-0.4, -0.2) is 69.0 Å². The van der Waals surface area contributed by atoms with Crippen LogP contribution in [-0.2, 0) is 17.5 Å². The molecule has 1 aliphatic heterocycles. The van der Waals surface area contributed by atoms with Gasteiger partial charge in [-0.1, -0.05) is 18.2 Å². The molecule has 1 aromatic carbocycles. The molecule has 0 radical (unpaired) electrons. The SMILES string of the molecule is O=C(CN1CCN(C(=O)NCc2ccc(-n3ccnc3)nc2)CC1)Nc1ccccc1C(F)(F)F. The number of piperazine rings is 1. The van der Waals surface area contributed by atoms with Crippen molar-refractivity contribution in [3.8, 4) is 5.82 Å². The third-order valence-corrected chi connectivity index (χ3v) is 5.56. The molecule has 3 heterocycles. The van der Waals surface area contributed by atoms with Crippen molar-refractivity contribution in [2.24, 2.45) is 0 Å². The van der Waals surface area contributed by atoms with Crippen molar-refractivity contribution < 1.29 is 22.8 Å². The summed E-state index contributed by atoms with van der Waals surface area (Å²) in [7, 11) is 0. The molecule has 1 saturated heterocycles. The number of halogens is 3. The summed E-state index contributed by atoms with van der Waals surface area (Å²) < 4.78 is 41.1. The zero-order chi connectivity index (χ0) is 24.8. The number of rotatable bonds is 6. The highest BCUT2D eigenvalue weighted by atomic mass is 19.4. The van der Waals surface area contributed by atoms with Gasteiger partial charge in [0, 0.05) is 51.3 Å². The summed E-state index contributed by atoms with van der Waals surface area (Å²) in [5.41, 5.74) is -0.311. The lowest BCUT2D eigenvalue weighted by molar-refractivity contribution is -0.137. The summed E-state index contributed by atoms with van der Waals surface area (Å²) in [6, 6.07) is 8.34. The Morgan fingerprint density at radius 2 is 1.80 bits per heavy atom. The van der Waals surface area contributed by atoms with Crippen molar-refractivity contribution in [3.05, 3.63) is 72.4 Å². The number of nitrogens with one attached hydrogen (secondary N) is 2. The molecule has 2 N–H and O–H groups in total. The van der Waals surface area contributed by atoms with Gasteiger partial charge in [0.25, 0.3) is 0 Å². The normalized spacial score (nSPS) is 14.5. The van der Waals surface area contributed by atoms with E-state index in [1.54, 1.807) is 39.3 Å². The maximum absolute atomic E-state index is 13.1. The summed E-state index contributed by atoms with van der Waals surface area (Å²) in [5, 5.41) is 5.20. The van der Waals surface area contributed by atoms with Crippen LogP contribution in [0.15, 0.2) is 61.3 Å². The van der Waals surface area contributed by atoms with Crippen LogP contribution >= 0.6 is 0 Å². The van der Waals surface area contributed by atoms with Gasteiger partial charge in [0.05, 0.1) is 17.8 Å². The Balaban J connectivity index is 1.21. The lowest BCUT2D eigenvalue weighted by Crippen LogP contribution is -2.52. The number of para-hydroxylation sites is 1. The molecular weight excluding hydrogens is 463 g/mol. The van der Waals surface area contributed by atoms with Crippen molar-refractivity contribution in [3.63, 3.8) is 0 Å². The Morgan fingerprint density at radius 1 is 1.03 bits per heavy atom. The summed E-state index contributed by atoms with van der Waals surface area (Å²) in [5.74, 6) is 0.186. The number of benzene rings is 1. The second-order valence-corrected chi connectivity index (χ2v) is 8.01. The minimum absolute atomic E-state index is 0.0589. The Morgan fingerprint density at radius 3 is 2.46 bits per heavy atom. The summed E-state index contributed by atoms with van der Waals surface area (Å²) in [6.07, 6.45) is 2.22. The van der Waals surface area contributed by atoms with E-state index in [-0.39, 0.29) is 18.3 Å². The first-order valence-corrected chi connectivity index (χ1v) is 10.9. The van der Waals surface area contributed by atoms with Crippen molar-refractivity contribution in [2.45, 2.75) is 12.7 Å². The number of anilines is 1. The van der Waals surface area contributed by atoms with Crippen molar-refractivity contribution in [2.75, 3.05) is 38.0 Å². The van der Waals surface area contributed by atoms with Crippen molar-refractivity contribution >= 4 is 17.6 Å². The van der Waals surface area contributed by atoms with Crippen LogP contribution < -0.4 is 10.6 Å². The van der Waals surface area contributed by atoms with Gasteiger partial charge in [0.1, 0.15) is 12.1 Å². The van der Waals surface area contributed by atoms with Crippen LogP contribution in [0.3, 0.4) is 0 Å². The number of aromatic nitrogens is 3. The smallest absolute Gasteiger partial charge is 0.334 e. The molecule has 12 heteroatoms. The Hall–Kier alpha value is -3.93. The van der Waals surface area contributed by atoms with E-state index in [0.29, 0.717) is 32.7 Å². The van der Waals surface area contributed by atoms with E-state index in [4.69, 9.17) is 0 Å². The van der Waals surface area contributed by atoms with Gasteiger partial charge >= 0.3 is 12.2 Å². The molecule has 9 nitrogen and oxygen atoms in total. The fraction of sp³-hybridized carbons (Fsp3) is 0.304. The summed E-state index contributed by atoms with van der Waals surface area (Å²) in [6.45, 7) is 1.92. The van der Waals surface area contributed by atoms with Gasteiger partial charge in [0.2, 0.25) is 5.91 Å². The highest BCUT2D eigenvalue weighted by molar-refractivity contribution is 5.93. The Labute approximate surface area is 199 Å². The predicted molar refractivity (Wildman–Crippen MR) is 122 cm³/mol. The lowest BCUT2D eigenvalue weighted by atomic mass is 10.1. The number of imidazole rings is 1. The number of pyridine rings is 1. The van der Waals surface area contributed by atoms with Crippen LogP contribution in [0.1, 0.15) is 11.1 Å². The lowest BCUT2D eigenvalue weighted by Gasteiger charge is -2.34. The zero-order valence-corrected chi connectivity index (χ0v) is 18.7. The van der Waals surface area contributed by atoms with E-state index in [9.17, 15) is 22.8 Å². The van der Waals surface area contributed by atoms with Crippen LogP contribution in [0, 0.1) is 0 Å². The molecule has 0 aliphatic carbocycles. The van der Waals surface area contributed by atoms with Gasteiger partial charge in [-0.3, -0.25) is 14.3 Å². The predicted octanol–water partition coefficient (Wildman–Crippen LogP) is 2.75. The molecule has 0 bridgehead atoms. The van der Waals surface area contributed by atoms with Crippen molar-refractivity contribution in [1.82, 2.24) is 29.7 Å². The maximum Gasteiger partial charge on any atom is 0.418 e. The van der Waals surface area contributed by atoms with E-state index in [1.165, 1.54) is 18.2 Å². The molecule has 0 saturated carbocycles. The first-order chi connectivity index (χ1) is 16.8. The highest BCUT2D eigenvalue weighted by Gasteiger charge is 2.33. The number of urea groups is 1. The van der Waals surface area contributed by atoms with E-state index in [1.807, 2.05) is 12.1 Å². The quantitative estimate of drug-likeness (QED) is 0.558. The third-order valence-electron chi connectivity index (χ3n) is 5.56. The number of amides is 3. The first-order valence-electron chi connectivity index (χ1n) is 10.9. The molecule has 3 aromatic rings. The van der Waals surface area contributed by atoms with Crippen molar-refractivity contribution in [1.29, 1.82) is 0 Å². The average molecular weight is 487 g/mol. The van der Waals surface area contributed by atoms with Crippen LogP contribution in [0.25, 0.3) is 5.82 Å². The van der Waals surface area contributed by atoms with Crippen LogP contribution in [0.5, 0.6) is 0 Å². The minimum Gasteiger partial charge on any atom is -0.334 e. The molecule has 2 aromatic heterocycles. The molecule has 184 valence electrons. The molecular formula is C23H24F3N7O2. The second-order valence-electron chi connectivity index (χ2n) is 8.01. The molecule has 4 rings (SSSR count). The molecule has 1 fully saturated rings.